The molecule has 0 amide bonds. The third-order valence-electron chi connectivity index (χ3n) is 1.21. The lowest BCUT2D eigenvalue weighted by atomic mass is 10.4. The van der Waals surface area contributed by atoms with Crippen LogP contribution in [0.1, 0.15) is 5.82 Å². The Morgan fingerprint density at radius 1 is 1.67 bits per heavy atom. The topological polar surface area (TPSA) is 80.9 Å². The summed E-state index contributed by atoms with van der Waals surface area (Å²) in [5.41, 5.74) is 0. The molecule has 0 unspecified atom stereocenters. The second-order valence-corrected chi connectivity index (χ2v) is 2.08. The molecule has 12 heavy (non-hydrogen) atoms. The number of hydrogen-bond donors (Lipinski definition) is 1. The lowest BCUT2D eigenvalue weighted by Gasteiger charge is -1.97. The molecule has 0 aliphatic rings. The maximum atomic E-state index is 11.8. The molecule has 1 rings (SSSR count). The normalized spacial score (nSPS) is 10.1. The Kier molecular flexibility index (Phi) is 2.67. The predicted molar refractivity (Wildman–Crippen MR) is 35.1 cm³/mol. The van der Waals surface area contributed by atoms with Crippen LogP contribution in [0.3, 0.4) is 0 Å². The first-order valence-corrected chi connectivity index (χ1v) is 3.27. The Balaban J connectivity index is 2.69. The summed E-state index contributed by atoms with van der Waals surface area (Å²) in [6.07, 6.45) is -0.285. The van der Waals surface area contributed by atoms with Crippen molar-refractivity contribution in [1.29, 1.82) is 0 Å². The molecule has 1 heterocycles. The number of carbonyl (C=O) groups is 1. The van der Waals surface area contributed by atoms with E-state index in [0.29, 0.717) is 0 Å². The SMILES string of the molecule is O=C(O)Cc1nnnn1CCF. The molecule has 0 fully saturated rings. The van der Waals surface area contributed by atoms with Crippen LogP contribution in [0.5, 0.6) is 0 Å². The van der Waals surface area contributed by atoms with Crippen molar-refractivity contribution in [3.8, 4) is 0 Å². The molecule has 0 aliphatic carbocycles. The van der Waals surface area contributed by atoms with Crippen LogP contribution < -0.4 is 0 Å². The van der Waals surface area contributed by atoms with Gasteiger partial charge in [0, 0.05) is 0 Å². The van der Waals surface area contributed by atoms with E-state index in [4.69, 9.17) is 5.11 Å². The number of aryl methyl sites for hydroxylation is 1. The molecule has 0 atom stereocenters. The minimum atomic E-state index is -1.04. The molecule has 7 heteroatoms. The Labute approximate surface area is 67.0 Å². The van der Waals surface area contributed by atoms with Gasteiger partial charge in [-0.2, -0.15) is 0 Å². The number of alkyl halides is 1. The first-order valence-electron chi connectivity index (χ1n) is 3.27. The molecule has 0 radical (unpaired) electrons. The van der Waals surface area contributed by atoms with E-state index >= 15 is 0 Å². The molecular weight excluding hydrogens is 167 g/mol. The zero-order chi connectivity index (χ0) is 8.97. The van der Waals surface area contributed by atoms with Gasteiger partial charge in [-0.05, 0) is 10.4 Å². The number of hydrogen-bond acceptors (Lipinski definition) is 4. The number of rotatable bonds is 4. The van der Waals surface area contributed by atoms with E-state index in [2.05, 4.69) is 15.5 Å². The van der Waals surface area contributed by atoms with Crippen molar-refractivity contribution >= 4 is 5.97 Å². The van der Waals surface area contributed by atoms with Crippen molar-refractivity contribution in [3.63, 3.8) is 0 Å². The molecule has 0 aliphatic heterocycles. The number of aromatic nitrogens is 4. The fourth-order valence-corrected chi connectivity index (χ4v) is 0.739. The van der Waals surface area contributed by atoms with Crippen molar-refractivity contribution in [3.05, 3.63) is 5.82 Å². The number of aliphatic carboxylic acids is 1. The van der Waals surface area contributed by atoms with Crippen LogP contribution in [0, 0.1) is 0 Å². The molecular formula is C5H7FN4O2. The quantitative estimate of drug-likeness (QED) is 0.650. The average molecular weight is 174 g/mol. The molecule has 1 aromatic heterocycles. The van der Waals surface area contributed by atoms with Gasteiger partial charge in [0.1, 0.15) is 13.1 Å². The second-order valence-electron chi connectivity index (χ2n) is 2.08. The molecule has 66 valence electrons. The van der Waals surface area contributed by atoms with Gasteiger partial charge in [0.25, 0.3) is 0 Å². The summed E-state index contributed by atoms with van der Waals surface area (Å²) in [5, 5.41) is 18.4. The molecule has 0 saturated carbocycles. The number of carboxylic acid groups (broad SMARTS) is 1. The predicted octanol–water partition coefficient (Wildman–Crippen LogP) is -0.730. The second kappa shape index (κ2) is 3.74. The third kappa shape index (κ3) is 1.97. The fraction of sp³-hybridized carbons (Fsp3) is 0.600. The molecule has 0 saturated heterocycles. The zero-order valence-electron chi connectivity index (χ0n) is 6.14. The Morgan fingerprint density at radius 3 is 3.00 bits per heavy atom. The first-order chi connectivity index (χ1) is 5.74. The highest BCUT2D eigenvalue weighted by atomic mass is 19.1. The summed E-state index contributed by atoms with van der Waals surface area (Å²) in [6.45, 7) is -0.618. The number of halogens is 1. The molecule has 0 aromatic carbocycles. The van der Waals surface area contributed by atoms with Crippen LogP contribution in [0.4, 0.5) is 4.39 Å². The third-order valence-corrected chi connectivity index (χ3v) is 1.21. The van der Waals surface area contributed by atoms with Gasteiger partial charge in [-0.25, -0.2) is 9.07 Å². The Bertz CT molecular complexity index is 274. The van der Waals surface area contributed by atoms with Crippen molar-refractivity contribution in [2.24, 2.45) is 0 Å². The van der Waals surface area contributed by atoms with Gasteiger partial charge in [0.15, 0.2) is 5.82 Å². The maximum Gasteiger partial charge on any atom is 0.311 e. The molecule has 1 aromatic rings. The van der Waals surface area contributed by atoms with Crippen LogP contribution in [0.25, 0.3) is 0 Å². The summed E-state index contributed by atoms with van der Waals surface area (Å²) < 4.78 is 12.9. The minimum Gasteiger partial charge on any atom is -0.481 e. The van der Waals surface area contributed by atoms with E-state index in [1.54, 1.807) is 0 Å². The van der Waals surface area contributed by atoms with Gasteiger partial charge in [0.2, 0.25) is 0 Å². The van der Waals surface area contributed by atoms with Crippen molar-refractivity contribution in [2.75, 3.05) is 6.67 Å². The van der Waals surface area contributed by atoms with Gasteiger partial charge >= 0.3 is 5.97 Å². The average Bonchev–Trinajstić information content (AvgIpc) is 2.37. The summed E-state index contributed by atoms with van der Waals surface area (Å²) in [7, 11) is 0. The minimum absolute atomic E-state index is 0.00435. The summed E-state index contributed by atoms with van der Waals surface area (Å²) in [5.74, 6) is -0.870. The molecule has 0 spiro atoms. The van der Waals surface area contributed by atoms with Crippen molar-refractivity contribution in [2.45, 2.75) is 13.0 Å². The van der Waals surface area contributed by atoms with E-state index in [-0.39, 0.29) is 18.8 Å². The molecule has 1 N–H and O–H groups in total. The van der Waals surface area contributed by atoms with Crippen LogP contribution in [0.15, 0.2) is 0 Å². The Hall–Kier alpha value is -1.53. The first kappa shape index (κ1) is 8.57. The Morgan fingerprint density at radius 2 is 2.42 bits per heavy atom. The molecule has 0 bridgehead atoms. The lowest BCUT2D eigenvalue weighted by Crippen LogP contribution is -2.11. The van der Waals surface area contributed by atoms with Crippen molar-refractivity contribution < 1.29 is 14.3 Å². The number of tetrazole rings is 1. The fourth-order valence-electron chi connectivity index (χ4n) is 0.739. The number of carboxylic acids is 1. The summed E-state index contributed by atoms with van der Waals surface area (Å²) in [4.78, 5) is 10.2. The van der Waals surface area contributed by atoms with Crippen LogP contribution >= 0.6 is 0 Å². The summed E-state index contributed by atoms with van der Waals surface area (Å²) >= 11 is 0. The van der Waals surface area contributed by atoms with Crippen LogP contribution in [-0.4, -0.2) is 38.0 Å². The van der Waals surface area contributed by atoms with E-state index in [0.717, 1.165) is 4.68 Å². The maximum absolute atomic E-state index is 11.8. The van der Waals surface area contributed by atoms with Gasteiger partial charge in [-0.3, -0.25) is 4.79 Å². The van der Waals surface area contributed by atoms with Crippen molar-refractivity contribution in [1.82, 2.24) is 20.2 Å². The lowest BCUT2D eigenvalue weighted by molar-refractivity contribution is -0.136. The largest absolute Gasteiger partial charge is 0.481 e. The zero-order valence-corrected chi connectivity index (χ0v) is 6.14. The highest BCUT2D eigenvalue weighted by Crippen LogP contribution is 1.93. The van der Waals surface area contributed by atoms with E-state index < -0.39 is 12.6 Å². The van der Waals surface area contributed by atoms with Gasteiger partial charge in [-0.1, -0.05) is 0 Å². The van der Waals surface area contributed by atoms with Gasteiger partial charge in [-0.15, -0.1) is 5.10 Å². The number of nitrogens with zero attached hydrogens (tertiary/aromatic N) is 4. The van der Waals surface area contributed by atoms with Gasteiger partial charge in [0.05, 0.1) is 6.54 Å². The standard InChI is InChI=1S/C5H7FN4O2/c6-1-2-10-4(3-5(11)12)7-8-9-10/h1-3H2,(H,11,12). The van der Waals surface area contributed by atoms with Crippen LogP contribution in [0.2, 0.25) is 0 Å². The highest BCUT2D eigenvalue weighted by Gasteiger charge is 2.09. The monoisotopic (exact) mass is 174 g/mol. The summed E-state index contributed by atoms with van der Waals surface area (Å²) in [6, 6.07) is 0. The van der Waals surface area contributed by atoms with E-state index in [1.807, 2.05) is 0 Å². The van der Waals surface area contributed by atoms with Crippen LogP contribution in [-0.2, 0) is 17.8 Å². The van der Waals surface area contributed by atoms with Gasteiger partial charge < -0.3 is 5.11 Å². The smallest absolute Gasteiger partial charge is 0.311 e. The highest BCUT2D eigenvalue weighted by molar-refractivity contribution is 5.68. The van der Waals surface area contributed by atoms with E-state index in [9.17, 15) is 9.18 Å². The molecule has 6 nitrogen and oxygen atoms in total. The van der Waals surface area contributed by atoms with E-state index in [1.165, 1.54) is 0 Å².